The fraction of sp³-hybridized carbons (Fsp3) is 0.441. The predicted molar refractivity (Wildman–Crippen MR) is 294 cm³/mol. The smallest absolute Gasteiger partial charge is 0.319 e. The average Bonchev–Trinajstić information content (AvgIpc) is 4.37. The number of thiazole rings is 1. The van der Waals surface area contributed by atoms with Crippen molar-refractivity contribution < 1.29 is 37.5 Å². The van der Waals surface area contributed by atoms with Gasteiger partial charge in [0.05, 0.1) is 39.7 Å². The highest BCUT2D eigenvalue weighted by molar-refractivity contribution is 7.13. The van der Waals surface area contributed by atoms with Gasteiger partial charge in [0.25, 0.3) is 5.88 Å². The SMILES string of the molecule is C#Cc1c(F)ccc2cc(O)cc(-c3ncc4c(N5CC6CCC(C5)N6)nc(OCCN5CCC(COc6cc(C(C(=O)N7C[C@H](C)C[C@H]7C(=O)N[C@@H](C)c7ccc(-c8scnc8C)cc7)C(C)C)on6)CC5)nc4c3F)c12. The molecular formula is C59H64F2N10O6S. The van der Waals surface area contributed by atoms with Crippen molar-refractivity contribution in [1.82, 2.24) is 45.5 Å². The van der Waals surface area contributed by atoms with Gasteiger partial charge in [0.15, 0.2) is 11.6 Å². The summed E-state index contributed by atoms with van der Waals surface area (Å²) in [6, 6.07) is 15.1. The molecule has 7 aromatic rings. The molecule has 2 bridgehead atoms. The Bertz CT molecular complexity index is 3400. The van der Waals surface area contributed by atoms with Gasteiger partial charge in [-0.2, -0.15) is 9.97 Å². The van der Waals surface area contributed by atoms with Crippen LogP contribution in [0.15, 0.2) is 70.8 Å². The number of piperazine rings is 1. The molecule has 4 aromatic heterocycles. The molecule has 3 N–H and O–H groups in total. The molecule has 3 unspecified atom stereocenters. The lowest BCUT2D eigenvalue weighted by molar-refractivity contribution is -0.141. The zero-order chi connectivity index (χ0) is 54.4. The number of hydrogen-bond donors (Lipinski definition) is 3. The number of aromatic hydroxyl groups is 1. The molecule has 4 aliphatic rings. The minimum Gasteiger partial charge on any atom is -0.508 e. The first-order valence-corrected chi connectivity index (χ1v) is 27.9. The Morgan fingerprint density at radius 1 is 0.987 bits per heavy atom. The zero-order valence-electron chi connectivity index (χ0n) is 44.5. The number of piperidine rings is 1. The summed E-state index contributed by atoms with van der Waals surface area (Å²) in [5, 5.41) is 22.8. The fourth-order valence-electron chi connectivity index (χ4n) is 11.9. The number of nitrogens with one attached hydrogen (secondary N) is 2. The monoisotopic (exact) mass is 1080 g/mol. The number of nitrogens with zero attached hydrogens (tertiary/aromatic N) is 8. The van der Waals surface area contributed by atoms with Crippen molar-refractivity contribution in [2.45, 2.75) is 96.8 Å². The summed E-state index contributed by atoms with van der Waals surface area (Å²) >= 11 is 1.60. The lowest BCUT2D eigenvalue weighted by atomic mass is 9.91. The van der Waals surface area contributed by atoms with Gasteiger partial charge in [0.1, 0.15) is 47.2 Å². The molecule has 4 aliphatic heterocycles. The van der Waals surface area contributed by atoms with E-state index in [-0.39, 0.29) is 93.8 Å². The summed E-state index contributed by atoms with van der Waals surface area (Å²) in [5.74, 6) is 1.34. The molecular weight excluding hydrogens is 1010 g/mol. The number of anilines is 1. The number of ether oxygens (including phenoxy) is 2. The van der Waals surface area contributed by atoms with Crippen LogP contribution in [0.4, 0.5) is 14.6 Å². The first-order valence-electron chi connectivity index (χ1n) is 27.0. The predicted octanol–water partition coefficient (Wildman–Crippen LogP) is 9.19. The summed E-state index contributed by atoms with van der Waals surface area (Å²) in [7, 11) is 0. The van der Waals surface area contributed by atoms with Crippen LogP contribution in [0.25, 0.3) is 43.4 Å². The molecule has 3 aromatic carbocycles. The minimum absolute atomic E-state index is 0.00566. The highest BCUT2D eigenvalue weighted by atomic mass is 32.1. The second kappa shape index (κ2) is 22.2. The summed E-state index contributed by atoms with van der Waals surface area (Å²) in [6.07, 6.45) is 11.6. The normalized spacial score (nSPS) is 20.6. The largest absolute Gasteiger partial charge is 0.508 e. The molecule has 78 heavy (non-hydrogen) atoms. The maximum Gasteiger partial charge on any atom is 0.319 e. The Hall–Kier alpha value is -7.27. The minimum atomic E-state index is -0.767. The van der Waals surface area contributed by atoms with E-state index in [4.69, 9.17) is 25.4 Å². The van der Waals surface area contributed by atoms with E-state index in [1.54, 1.807) is 22.3 Å². The Kier molecular flexibility index (Phi) is 15.0. The van der Waals surface area contributed by atoms with E-state index in [1.165, 1.54) is 30.5 Å². The van der Waals surface area contributed by atoms with E-state index in [1.807, 2.05) is 45.3 Å². The highest BCUT2D eigenvalue weighted by Gasteiger charge is 2.43. The molecule has 2 amide bonds. The number of aromatic nitrogens is 5. The Morgan fingerprint density at radius 3 is 2.47 bits per heavy atom. The molecule has 0 radical (unpaired) electrons. The number of fused-ring (bicyclic) bond motifs is 4. The summed E-state index contributed by atoms with van der Waals surface area (Å²) in [4.78, 5) is 54.0. The van der Waals surface area contributed by atoms with Crippen LogP contribution < -0.4 is 25.0 Å². The molecule has 16 nitrogen and oxygen atoms in total. The van der Waals surface area contributed by atoms with Gasteiger partial charge in [-0.15, -0.1) is 17.8 Å². The number of halogens is 2. The van der Waals surface area contributed by atoms with E-state index in [0.717, 1.165) is 60.5 Å². The summed E-state index contributed by atoms with van der Waals surface area (Å²) in [6.45, 7) is 14.6. The molecule has 19 heteroatoms. The second-order valence-corrected chi connectivity index (χ2v) is 22.8. The molecule has 6 atom stereocenters. The molecule has 4 saturated heterocycles. The number of phenolic OH excluding ortho intramolecular Hbond substituents is 1. The van der Waals surface area contributed by atoms with Crippen LogP contribution in [0.2, 0.25) is 0 Å². The number of carbonyl (C=O) groups excluding carboxylic acids is 2. The zero-order valence-corrected chi connectivity index (χ0v) is 45.3. The van der Waals surface area contributed by atoms with Crippen molar-refractivity contribution in [2.24, 2.45) is 17.8 Å². The third-order valence-electron chi connectivity index (χ3n) is 16.0. The lowest BCUT2D eigenvalue weighted by Crippen LogP contribution is -2.51. The van der Waals surface area contributed by atoms with Crippen molar-refractivity contribution in [3.05, 3.63) is 101 Å². The first-order chi connectivity index (χ1) is 37.7. The Morgan fingerprint density at radius 2 is 1.76 bits per heavy atom. The van der Waals surface area contributed by atoms with Gasteiger partial charge in [-0.1, -0.05) is 57.0 Å². The number of likely N-dealkylation sites (tertiary alicyclic amines) is 2. The highest BCUT2D eigenvalue weighted by Crippen LogP contribution is 2.40. The lowest BCUT2D eigenvalue weighted by Gasteiger charge is -2.34. The van der Waals surface area contributed by atoms with Crippen LogP contribution in [0.1, 0.15) is 94.3 Å². The molecule has 11 rings (SSSR count). The number of rotatable bonds is 16. The van der Waals surface area contributed by atoms with Gasteiger partial charge in [0.2, 0.25) is 11.8 Å². The third kappa shape index (κ3) is 10.7. The van der Waals surface area contributed by atoms with Crippen molar-refractivity contribution in [1.29, 1.82) is 0 Å². The number of amides is 2. The molecule has 0 aliphatic carbocycles. The second-order valence-electron chi connectivity index (χ2n) is 21.9. The summed E-state index contributed by atoms with van der Waals surface area (Å²) < 4.78 is 50.4. The van der Waals surface area contributed by atoms with E-state index in [0.29, 0.717) is 67.4 Å². The van der Waals surface area contributed by atoms with Crippen molar-refractivity contribution >= 4 is 50.6 Å². The number of pyridine rings is 1. The maximum atomic E-state index is 17.1. The van der Waals surface area contributed by atoms with Crippen LogP contribution in [-0.4, -0.2) is 122 Å². The quantitative estimate of drug-likeness (QED) is 0.0779. The molecule has 8 heterocycles. The van der Waals surface area contributed by atoms with Gasteiger partial charge in [-0.3, -0.25) is 19.5 Å². The first kappa shape index (κ1) is 52.8. The van der Waals surface area contributed by atoms with E-state index < -0.39 is 23.6 Å². The number of hydrogen-bond acceptors (Lipinski definition) is 15. The van der Waals surface area contributed by atoms with Gasteiger partial charge in [-0.05, 0) is 117 Å². The van der Waals surface area contributed by atoms with Crippen molar-refractivity contribution in [2.75, 3.05) is 57.4 Å². The number of phenols is 1. The van der Waals surface area contributed by atoms with Crippen LogP contribution in [-0.2, 0) is 9.59 Å². The molecule has 0 saturated carbocycles. The average molecular weight is 1080 g/mol. The molecule has 406 valence electrons. The molecule has 0 spiro atoms. The topological polar surface area (TPSA) is 184 Å². The summed E-state index contributed by atoms with van der Waals surface area (Å²) in [5.41, 5.74) is 4.83. The Labute approximate surface area is 455 Å². The fourth-order valence-corrected chi connectivity index (χ4v) is 12.7. The van der Waals surface area contributed by atoms with Gasteiger partial charge < -0.3 is 39.5 Å². The van der Waals surface area contributed by atoms with Crippen LogP contribution >= 0.6 is 11.3 Å². The maximum absolute atomic E-state index is 17.1. The number of carbonyl (C=O) groups is 2. The van der Waals surface area contributed by atoms with E-state index in [2.05, 4.69) is 65.5 Å². The van der Waals surface area contributed by atoms with E-state index >= 15 is 8.78 Å². The van der Waals surface area contributed by atoms with Crippen LogP contribution in [0, 0.1) is 48.7 Å². The third-order valence-corrected chi connectivity index (χ3v) is 17.0. The molecule has 4 fully saturated rings. The van der Waals surface area contributed by atoms with Crippen LogP contribution in [0.3, 0.4) is 0 Å². The van der Waals surface area contributed by atoms with E-state index in [9.17, 15) is 14.7 Å². The number of benzene rings is 3. The van der Waals surface area contributed by atoms with Crippen LogP contribution in [0.5, 0.6) is 17.6 Å². The Balaban J connectivity index is 0.705. The standard InChI is InChI=1S/C59H64F2N10O6S/c1-7-43-46(60)15-12-39-23-42(72)24-44(51(39)43)53-52(61)54-45(26-62-53)56(70-28-40-13-14-41(29-70)65-40)67-59(66-54)75-21-20-69-18-16-36(17-19-69)30-76-49-25-48(77-68-49)50(32(2)3)58(74)71-27-33(4)22-47(71)57(73)64-34(5)37-8-10-38(11-9-37)55-35(6)63-31-78-55/h1,8-12,15,23-26,31-34,36,40-41,47,50,65,72H,13-14,16-22,27-30H2,2-6H3,(H,64,73)/t33-,34+,40?,41?,47+,50?/m1/s1. The van der Waals surface area contributed by atoms with Crippen molar-refractivity contribution in [3.63, 3.8) is 0 Å². The number of aryl methyl sites for hydroxylation is 1. The van der Waals surface area contributed by atoms with Gasteiger partial charge >= 0.3 is 6.01 Å². The van der Waals surface area contributed by atoms with Crippen molar-refractivity contribution in [3.8, 4) is 51.7 Å². The van der Waals surface area contributed by atoms with Gasteiger partial charge in [-0.25, -0.2) is 13.8 Å². The van der Waals surface area contributed by atoms with Gasteiger partial charge in [0, 0.05) is 61.5 Å². The number of terminal acetylenes is 1.